The number of ether oxygens (including phenoxy) is 1. The Kier molecular flexibility index (Phi) is 6.52. The lowest BCUT2D eigenvalue weighted by molar-refractivity contribution is -0.162. The molecular formula is C37H54O2. The van der Waals surface area contributed by atoms with E-state index in [0.717, 1.165) is 24.2 Å². The number of rotatable bonds is 6. The Hall–Kier alpha value is -1.57. The van der Waals surface area contributed by atoms with Gasteiger partial charge in [0.15, 0.2) is 0 Å². The Morgan fingerprint density at radius 3 is 2.31 bits per heavy atom. The molecule has 1 aromatic carbocycles. The van der Waals surface area contributed by atoms with Crippen LogP contribution in [0, 0.1) is 50.7 Å². The minimum Gasteiger partial charge on any atom is -0.458 e. The van der Waals surface area contributed by atoms with E-state index in [2.05, 4.69) is 54.5 Å². The molecule has 39 heavy (non-hydrogen) atoms. The molecule has 5 saturated carbocycles. The first-order valence-electron chi connectivity index (χ1n) is 16.3. The Morgan fingerprint density at radius 1 is 0.897 bits per heavy atom. The molecule has 0 heterocycles. The molecular weight excluding hydrogens is 476 g/mol. The number of esters is 1. The molecule has 0 aliphatic heterocycles. The van der Waals surface area contributed by atoms with E-state index in [1.165, 1.54) is 69.8 Å². The molecule has 9 atom stereocenters. The smallest absolute Gasteiger partial charge is 0.338 e. The van der Waals surface area contributed by atoms with Crippen LogP contribution in [0.3, 0.4) is 0 Å². The lowest BCUT2D eigenvalue weighted by Gasteiger charge is -2.63. The van der Waals surface area contributed by atoms with Gasteiger partial charge in [-0.1, -0.05) is 64.5 Å². The van der Waals surface area contributed by atoms with Crippen molar-refractivity contribution in [3.05, 3.63) is 47.5 Å². The summed E-state index contributed by atoms with van der Waals surface area (Å²) in [4.78, 5) is 13.0. The summed E-state index contributed by atoms with van der Waals surface area (Å²) in [7, 11) is 0. The number of fused-ring (bicyclic) bond motifs is 2. The Morgan fingerprint density at radius 2 is 1.59 bits per heavy atom. The van der Waals surface area contributed by atoms with Crippen LogP contribution in [0.1, 0.15) is 129 Å². The molecule has 0 radical (unpaired) electrons. The second-order valence-electron chi connectivity index (χ2n) is 16.1. The van der Waals surface area contributed by atoms with Crippen molar-refractivity contribution in [3.8, 4) is 0 Å². The molecule has 6 rings (SSSR count). The summed E-state index contributed by atoms with van der Waals surface area (Å²) in [5.74, 6) is 3.12. The van der Waals surface area contributed by atoms with Crippen molar-refractivity contribution in [2.45, 2.75) is 125 Å². The van der Waals surface area contributed by atoms with Crippen LogP contribution < -0.4 is 0 Å². The topological polar surface area (TPSA) is 26.3 Å². The Labute approximate surface area is 238 Å². The third-order valence-electron chi connectivity index (χ3n) is 14.2. The third kappa shape index (κ3) is 3.81. The zero-order chi connectivity index (χ0) is 27.8. The molecule has 0 bridgehead atoms. The fourth-order valence-electron chi connectivity index (χ4n) is 12.1. The summed E-state index contributed by atoms with van der Waals surface area (Å²) in [6, 6.07) is 9.60. The van der Waals surface area contributed by atoms with Crippen molar-refractivity contribution in [1.82, 2.24) is 0 Å². The molecule has 5 aliphatic carbocycles. The molecule has 2 nitrogen and oxygen atoms in total. The quantitative estimate of drug-likeness (QED) is 0.270. The van der Waals surface area contributed by atoms with E-state index in [9.17, 15) is 4.79 Å². The molecule has 5 fully saturated rings. The first kappa shape index (κ1) is 27.6. The number of allylic oxidation sites excluding steroid dienone is 2. The summed E-state index contributed by atoms with van der Waals surface area (Å²) in [5.41, 5.74) is 4.20. The predicted octanol–water partition coefficient (Wildman–Crippen LogP) is 10.0. The first-order valence-corrected chi connectivity index (χ1v) is 16.3. The Balaban J connectivity index is 1.21. The fourth-order valence-corrected chi connectivity index (χ4v) is 12.1. The van der Waals surface area contributed by atoms with Crippen LogP contribution in [0.2, 0.25) is 0 Å². The molecule has 214 valence electrons. The van der Waals surface area contributed by atoms with Crippen molar-refractivity contribution in [2.24, 2.45) is 50.7 Å². The van der Waals surface area contributed by atoms with Crippen molar-refractivity contribution < 1.29 is 9.53 Å². The lowest BCUT2D eigenvalue weighted by Crippen LogP contribution is -2.58. The molecule has 0 amide bonds. The van der Waals surface area contributed by atoms with Crippen LogP contribution in [-0.4, -0.2) is 12.1 Å². The van der Waals surface area contributed by atoms with Crippen LogP contribution >= 0.6 is 0 Å². The molecule has 1 aromatic rings. The number of carbonyl (C=O) groups excluding carboxylic acids is 1. The monoisotopic (exact) mass is 530 g/mol. The SMILES string of the molecule is CC(C)=CCCC(C)C1CCC2(C)C3CCC4C(C)(C)C(OC(=O)c5ccccc5)CCC45CC35CCC12C. The minimum absolute atomic E-state index is 0.0250. The second-order valence-corrected chi connectivity index (χ2v) is 16.1. The summed E-state index contributed by atoms with van der Waals surface area (Å²) < 4.78 is 6.29. The van der Waals surface area contributed by atoms with Gasteiger partial charge in [0.05, 0.1) is 5.56 Å². The van der Waals surface area contributed by atoms with Crippen LogP contribution in [0.15, 0.2) is 42.0 Å². The highest BCUT2D eigenvalue weighted by molar-refractivity contribution is 5.89. The van der Waals surface area contributed by atoms with Crippen molar-refractivity contribution >= 4 is 5.97 Å². The fraction of sp³-hybridized carbons (Fsp3) is 0.757. The van der Waals surface area contributed by atoms with E-state index < -0.39 is 0 Å². The molecule has 0 N–H and O–H groups in total. The van der Waals surface area contributed by atoms with Crippen molar-refractivity contribution in [1.29, 1.82) is 0 Å². The van der Waals surface area contributed by atoms with Gasteiger partial charge in [-0.2, -0.15) is 0 Å². The lowest BCUT2D eigenvalue weighted by atomic mass is 9.41. The zero-order valence-corrected chi connectivity index (χ0v) is 25.9. The van der Waals surface area contributed by atoms with E-state index in [1.54, 1.807) is 0 Å². The standard InChI is InChI=1S/C37H54O2/c1-25(2)12-11-13-26(3)28-18-20-35(7)30-17-16-29-33(4,5)31(39-32(38)27-14-9-8-10-15-27)19-21-36(29)24-37(30,36)23-22-34(28,35)6/h8-10,12,14-15,26,28-31H,11,13,16-24H2,1-7H3. The van der Waals surface area contributed by atoms with Gasteiger partial charge in [0.25, 0.3) is 0 Å². The molecule has 2 spiro atoms. The molecule has 0 saturated heterocycles. The predicted molar refractivity (Wildman–Crippen MR) is 160 cm³/mol. The summed E-state index contributed by atoms with van der Waals surface area (Å²) in [5, 5.41) is 0. The average Bonchev–Trinajstić information content (AvgIpc) is 3.48. The van der Waals surface area contributed by atoms with E-state index in [0.29, 0.717) is 33.1 Å². The number of carbonyl (C=O) groups is 1. The molecule has 5 aliphatic rings. The maximum absolute atomic E-state index is 13.0. The van der Waals surface area contributed by atoms with Crippen LogP contribution in [0.4, 0.5) is 0 Å². The van der Waals surface area contributed by atoms with Gasteiger partial charge < -0.3 is 4.74 Å². The van der Waals surface area contributed by atoms with Crippen molar-refractivity contribution in [2.75, 3.05) is 0 Å². The normalized spacial score (nSPS) is 44.2. The van der Waals surface area contributed by atoms with Gasteiger partial charge in [-0.25, -0.2) is 4.79 Å². The van der Waals surface area contributed by atoms with Gasteiger partial charge in [-0.15, -0.1) is 0 Å². The number of benzene rings is 1. The van der Waals surface area contributed by atoms with Gasteiger partial charge in [0.2, 0.25) is 0 Å². The molecule has 2 heteroatoms. The molecule has 9 unspecified atom stereocenters. The van der Waals surface area contributed by atoms with Gasteiger partial charge in [0, 0.05) is 5.41 Å². The average molecular weight is 531 g/mol. The van der Waals surface area contributed by atoms with Crippen LogP contribution in [-0.2, 0) is 4.74 Å². The highest BCUT2D eigenvalue weighted by Gasteiger charge is 2.82. The van der Waals surface area contributed by atoms with Crippen LogP contribution in [0.5, 0.6) is 0 Å². The number of hydrogen-bond acceptors (Lipinski definition) is 2. The van der Waals surface area contributed by atoms with Crippen molar-refractivity contribution in [3.63, 3.8) is 0 Å². The Bertz CT molecular complexity index is 1130. The van der Waals surface area contributed by atoms with Gasteiger partial charge in [0.1, 0.15) is 6.10 Å². The minimum atomic E-state index is -0.138. The third-order valence-corrected chi connectivity index (χ3v) is 14.2. The highest BCUT2D eigenvalue weighted by Crippen LogP contribution is 2.89. The maximum atomic E-state index is 13.0. The van der Waals surface area contributed by atoms with E-state index in [-0.39, 0.29) is 17.5 Å². The van der Waals surface area contributed by atoms with Gasteiger partial charge in [-0.05, 0) is 142 Å². The van der Waals surface area contributed by atoms with Gasteiger partial charge in [-0.3, -0.25) is 0 Å². The van der Waals surface area contributed by atoms with E-state index in [1.807, 2.05) is 30.3 Å². The number of hydrogen-bond donors (Lipinski definition) is 0. The first-order chi connectivity index (χ1) is 18.4. The van der Waals surface area contributed by atoms with Crippen LogP contribution in [0.25, 0.3) is 0 Å². The maximum Gasteiger partial charge on any atom is 0.338 e. The summed E-state index contributed by atoms with van der Waals surface area (Å²) in [6.07, 6.45) is 17.3. The highest BCUT2D eigenvalue weighted by atomic mass is 16.5. The largest absolute Gasteiger partial charge is 0.458 e. The van der Waals surface area contributed by atoms with E-state index >= 15 is 0 Å². The molecule has 0 aromatic heterocycles. The zero-order valence-electron chi connectivity index (χ0n) is 25.9. The summed E-state index contributed by atoms with van der Waals surface area (Å²) >= 11 is 0. The van der Waals surface area contributed by atoms with E-state index in [4.69, 9.17) is 4.74 Å². The summed E-state index contributed by atoms with van der Waals surface area (Å²) in [6.45, 7) is 17.4. The van der Waals surface area contributed by atoms with Gasteiger partial charge >= 0.3 is 5.97 Å². The second kappa shape index (κ2) is 9.22.